The largest absolute Gasteiger partial charge is 0.478 e. The van der Waals surface area contributed by atoms with Gasteiger partial charge in [0.05, 0.1) is 18.5 Å². The van der Waals surface area contributed by atoms with E-state index in [9.17, 15) is 0 Å². The van der Waals surface area contributed by atoms with E-state index < -0.39 is 0 Å². The SMILES string of the molecule is CCc1nc(C(C)C)ccc1-c1nc(OC)c(NC(CC)CC)nc1C. The van der Waals surface area contributed by atoms with E-state index in [2.05, 4.69) is 52.1 Å². The summed E-state index contributed by atoms with van der Waals surface area (Å²) in [6.45, 7) is 12.8. The molecule has 5 heteroatoms. The zero-order valence-electron chi connectivity index (χ0n) is 17.2. The Morgan fingerprint density at radius 3 is 2.27 bits per heavy atom. The number of hydrogen-bond donors (Lipinski definition) is 1. The Morgan fingerprint density at radius 2 is 1.73 bits per heavy atom. The molecule has 0 fully saturated rings. The van der Waals surface area contributed by atoms with Crippen LogP contribution in [0.25, 0.3) is 11.3 Å². The number of ether oxygens (including phenoxy) is 1. The molecule has 5 nitrogen and oxygen atoms in total. The third-order valence-electron chi connectivity index (χ3n) is 4.74. The molecule has 0 unspecified atom stereocenters. The minimum atomic E-state index is 0.363. The number of anilines is 1. The number of aryl methyl sites for hydroxylation is 2. The summed E-state index contributed by atoms with van der Waals surface area (Å²) in [5.41, 5.74) is 4.92. The summed E-state index contributed by atoms with van der Waals surface area (Å²) in [5.74, 6) is 1.66. The van der Waals surface area contributed by atoms with Crippen LogP contribution in [-0.4, -0.2) is 28.1 Å². The molecule has 2 aromatic heterocycles. The Bertz CT molecular complexity index is 739. The highest BCUT2D eigenvalue weighted by molar-refractivity contribution is 5.67. The zero-order valence-corrected chi connectivity index (χ0v) is 17.2. The summed E-state index contributed by atoms with van der Waals surface area (Å²) in [4.78, 5) is 14.4. The number of hydrogen-bond acceptors (Lipinski definition) is 5. The molecular weight excluding hydrogens is 324 g/mol. The molecule has 0 spiro atoms. The van der Waals surface area contributed by atoms with Crippen LogP contribution in [0.4, 0.5) is 5.82 Å². The maximum atomic E-state index is 5.53. The molecule has 0 saturated carbocycles. The molecule has 2 aromatic rings. The number of methoxy groups -OCH3 is 1. The van der Waals surface area contributed by atoms with E-state index in [1.54, 1.807) is 7.11 Å². The Kier molecular flexibility index (Phi) is 6.95. The highest BCUT2D eigenvalue weighted by atomic mass is 16.5. The molecule has 0 saturated heterocycles. The van der Waals surface area contributed by atoms with E-state index in [-0.39, 0.29) is 0 Å². The zero-order chi connectivity index (χ0) is 19.3. The number of nitrogens with zero attached hydrogens (tertiary/aromatic N) is 3. The Balaban J connectivity index is 2.51. The van der Waals surface area contributed by atoms with Crippen molar-refractivity contribution in [1.29, 1.82) is 0 Å². The summed E-state index contributed by atoms with van der Waals surface area (Å²) >= 11 is 0. The van der Waals surface area contributed by atoms with Gasteiger partial charge >= 0.3 is 0 Å². The summed E-state index contributed by atoms with van der Waals surface area (Å²) < 4.78 is 5.53. The predicted molar refractivity (Wildman–Crippen MR) is 108 cm³/mol. The van der Waals surface area contributed by atoms with Crippen molar-refractivity contribution in [2.45, 2.75) is 72.8 Å². The molecule has 0 atom stereocenters. The topological polar surface area (TPSA) is 59.9 Å². The van der Waals surface area contributed by atoms with Gasteiger partial charge in [-0.05, 0) is 44.2 Å². The third kappa shape index (κ3) is 4.32. The van der Waals surface area contributed by atoms with E-state index in [0.717, 1.165) is 47.6 Å². The first-order chi connectivity index (χ1) is 12.4. The summed E-state index contributed by atoms with van der Waals surface area (Å²) in [7, 11) is 1.64. The van der Waals surface area contributed by atoms with Gasteiger partial charge in [0, 0.05) is 23.0 Å². The van der Waals surface area contributed by atoms with Gasteiger partial charge in [0.15, 0.2) is 5.82 Å². The Morgan fingerprint density at radius 1 is 1.04 bits per heavy atom. The van der Waals surface area contributed by atoms with Crippen LogP contribution >= 0.6 is 0 Å². The predicted octanol–water partition coefficient (Wildman–Crippen LogP) is 5.14. The number of rotatable bonds is 8. The fourth-order valence-electron chi connectivity index (χ4n) is 3.01. The van der Waals surface area contributed by atoms with Crippen molar-refractivity contribution < 1.29 is 4.74 Å². The first-order valence-corrected chi connectivity index (χ1v) is 9.64. The van der Waals surface area contributed by atoms with E-state index in [1.807, 2.05) is 6.92 Å². The molecule has 0 radical (unpaired) electrons. The standard InChI is InChI=1S/C21H32N4O/c1-8-15(9-2)23-20-21(26-7)25-19(14(6)22-20)16-11-12-18(13(4)5)24-17(16)10-3/h11-13,15H,8-10H2,1-7H3,(H,22,23). The second kappa shape index (κ2) is 8.97. The maximum absolute atomic E-state index is 5.53. The average Bonchev–Trinajstić information content (AvgIpc) is 2.65. The summed E-state index contributed by atoms with van der Waals surface area (Å²) in [5, 5.41) is 3.46. The van der Waals surface area contributed by atoms with Crippen LogP contribution in [0, 0.1) is 6.92 Å². The lowest BCUT2D eigenvalue weighted by Gasteiger charge is -2.19. The highest BCUT2D eigenvalue weighted by Gasteiger charge is 2.18. The molecule has 142 valence electrons. The van der Waals surface area contributed by atoms with Crippen molar-refractivity contribution in [3.63, 3.8) is 0 Å². The van der Waals surface area contributed by atoms with E-state index in [4.69, 9.17) is 19.7 Å². The van der Waals surface area contributed by atoms with Crippen molar-refractivity contribution in [1.82, 2.24) is 15.0 Å². The molecule has 0 bridgehead atoms. The molecule has 0 aliphatic heterocycles. The van der Waals surface area contributed by atoms with Crippen LogP contribution in [0.15, 0.2) is 12.1 Å². The molecular formula is C21H32N4O. The second-order valence-corrected chi connectivity index (χ2v) is 6.91. The van der Waals surface area contributed by atoms with Crippen LogP contribution in [0.2, 0.25) is 0 Å². The van der Waals surface area contributed by atoms with Gasteiger partial charge in [0.1, 0.15) is 0 Å². The monoisotopic (exact) mass is 356 g/mol. The first kappa shape index (κ1) is 20.1. The molecule has 0 aliphatic carbocycles. The molecule has 2 rings (SSSR count). The van der Waals surface area contributed by atoms with Crippen LogP contribution in [0.3, 0.4) is 0 Å². The van der Waals surface area contributed by atoms with E-state index in [0.29, 0.717) is 23.7 Å². The van der Waals surface area contributed by atoms with E-state index in [1.165, 1.54) is 0 Å². The van der Waals surface area contributed by atoms with Crippen LogP contribution in [0.5, 0.6) is 5.88 Å². The second-order valence-electron chi connectivity index (χ2n) is 6.91. The molecule has 1 N–H and O–H groups in total. The fraction of sp³-hybridized carbons (Fsp3) is 0.571. The smallest absolute Gasteiger partial charge is 0.257 e. The van der Waals surface area contributed by atoms with Crippen molar-refractivity contribution >= 4 is 5.82 Å². The van der Waals surface area contributed by atoms with Crippen molar-refractivity contribution in [2.24, 2.45) is 0 Å². The molecule has 2 heterocycles. The molecule has 26 heavy (non-hydrogen) atoms. The normalized spacial score (nSPS) is 11.3. The lowest BCUT2D eigenvalue weighted by molar-refractivity contribution is 0.397. The van der Waals surface area contributed by atoms with E-state index >= 15 is 0 Å². The summed E-state index contributed by atoms with van der Waals surface area (Å²) in [6.07, 6.45) is 2.92. The quantitative estimate of drug-likeness (QED) is 0.709. The highest BCUT2D eigenvalue weighted by Crippen LogP contribution is 2.31. The molecule has 0 amide bonds. The lowest BCUT2D eigenvalue weighted by atomic mass is 10.0. The van der Waals surface area contributed by atoms with Gasteiger partial charge < -0.3 is 10.1 Å². The average molecular weight is 357 g/mol. The minimum absolute atomic E-state index is 0.363. The van der Waals surface area contributed by atoms with Gasteiger partial charge in [-0.1, -0.05) is 34.6 Å². The number of nitrogens with one attached hydrogen (secondary N) is 1. The van der Waals surface area contributed by atoms with Gasteiger partial charge in [-0.3, -0.25) is 4.98 Å². The Labute approximate surface area is 157 Å². The number of pyridine rings is 1. The van der Waals surface area contributed by atoms with Gasteiger partial charge in [-0.25, -0.2) is 9.97 Å². The molecule has 0 aliphatic rings. The minimum Gasteiger partial charge on any atom is -0.478 e. The summed E-state index contributed by atoms with van der Waals surface area (Å²) in [6, 6.07) is 4.57. The Hall–Kier alpha value is -2.17. The number of aromatic nitrogens is 3. The van der Waals surface area contributed by atoms with Crippen molar-refractivity contribution in [3.05, 3.63) is 29.2 Å². The van der Waals surface area contributed by atoms with Crippen molar-refractivity contribution in [2.75, 3.05) is 12.4 Å². The lowest BCUT2D eigenvalue weighted by Crippen LogP contribution is -2.19. The van der Waals surface area contributed by atoms with Gasteiger partial charge in [-0.15, -0.1) is 0 Å². The fourth-order valence-corrected chi connectivity index (χ4v) is 3.01. The van der Waals surface area contributed by atoms with Gasteiger partial charge in [-0.2, -0.15) is 0 Å². The maximum Gasteiger partial charge on any atom is 0.257 e. The third-order valence-corrected chi connectivity index (χ3v) is 4.74. The van der Waals surface area contributed by atoms with Gasteiger partial charge in [0.2, 0.25) is 0 Å². The van der Waals surface area contributed by atoms with Crippen LogP contribution in [0.1, 0.15) is 70.5 Å². The first-order valence-electron chi connectivity index (χ1n) is 9.64. The van der Waals surface area contributed by atoms with Crippen LogP contribution in [-0.2, 0) is 6.42 Å². The van der Waals surface area contributed by atoms with Crippen LogP contribution < -0.4 is 10.1 Å². The van der Waals surface area contributed by atoms with Gasteiger partial charge in [0.25, 0.3) is 5.88 Å². The van der Waals surface area contributed by atoms with Crippen molar-refractivity contribution in [3.8, 4) is 17.1 Å². The molecule has 0 aromatic carbocycles.